The Labute approximate surface area is 114 Å². The smallest absolute Gasteiger partial charge is 0.249 e. The number of hydrogen-bond donors (Lipinski definition) is 1. The largest absolute Gasteiger partial charge is 0.344 e. The number of hydrogen-bond acceptors (Lipinski definition) is 2. The van der Waals surface area contributed by atoms with Crippen LogP contribution in [0.3, 0.4) is 0 Å². The van der Waals surface area contributed by atoms with Crippen LogP contribution in [0.15, 0.2) is 18.2 Å². The van der Waals surface area contributed by atoms with E-state index >= 15 is 0 Å². The maximum Gasteiger partial charge on any atom is 0.249 e. The zero-order valence-corrected chi connectivity index (χ0v) is 10.7. The molecule has 0 radical (unpaired) electrons. The Morgan fingerprint density at radius 2 is 1.95 bits per heavy atom. The molecule has 2 amide bonds. The summed E-state index contributed by atoms with van der Waals surface area (Å²) in [6.07, 6.45) is 1.83. The third-order valence-electron chi connectivity index (χ3n) is 3.73. The van der Waals surface area contributed by atoms with Gasteiger partial charge in [-0.3, -0.25) is 9.59 Å². The standard InChI is InChI=1S/C14H14F2N2O2/c15-9-2-1-3-10(12(9)16)18-7-6-11(19)17-13(14(18)20)8-4-5-8/h1-3,8,13H,4-7H2,(H,17,19). The number of rotatable bonds is 2. The SMILES string of the molecule is O=C1CCN(c2cccc(F)c2F)C(=O)C(C2CC2)N1. The molecule has 0 bridgehead atoms. The maximum atomic E-state index is 13.9. The summed E-state index contributed by atoms with van der Waals surface area (Å²) in [5.41, 5.74) is -0.0999. The van der Waals surface area contributed by atoms with E-state index in [-0.39, 0.29) is 36.4 Å². The van der Waals surface area contributed by atoms with Gasteiger partial charge in [-0.2, -0.15) is 0 Å². The lowest BCUT2D eigenvalue weighted by Crippen LogP contribution is -2.46. The van der Waals surface area contributed by atoms with Crippen LogP contribution in [0.2, 0.25) is 0 Å². The van der Waals surface area contributed by atoms with Crippen molar-refractivity contribution in [3.63, 3.8) is 0 Å². The first-order chi connectivity index (χ1) is 9.58. The number of nitrogens with zero attached hydrogens (tertiary/aromatic N) is 1. The van der Waals surface area contributed by atoms with E-state index in [0.717, 1.165) is 18.9 Å². The highest BCUT2D eigenvalue weighted by molar-refractivity contribution is 6.01. The number of anilines is 1. The molecule has 6 heteroatoms. The second-order valence-electron chi connectivity index (χ2n) is 5.20. The molecular formula is C14H14F2N2O2. The van der Waals surface area contributed by atoms with Crippen molar-refractivity contribution in [1.82, 2.24) is 5.32 Å². The molecule has 1 aromatic rings. The van der Waals surface area contributed by atoms with Crippen LogP contribution < -0.4 is 10.2 Å². The van der Waals surface area contributed by atoms with E-state index in [2.05, 4.69) is 5.32 Å². The Kier molecular flexibility index (Phi) is 3.16. The summed E-state index contributed by atoms with van der Waals surface area (Å²) >= 11 is 0. The van der Waals surface area contributed by atoms with Gasteiger partial charge >= 0.3 is 0 Å². The lowest BCUT2D eigenvalue weighted by atomic mass is 10.1. The molecule has 1 saturated carbocycles. The minimum absolute atomic E-state index is 0.0637. The Balaban J connectivity index is 1.96. The molecule has 2 aliphatic rings. The maximum absolute atomic E-state index is 13.9. The van der Waals surface area contributed by atoms with Crippen LogP contribution in [0.5, 0.6) is 0 Å². The van der Waals surface area contributed by atoms with E-state index in [1.807, 2.05) is 0 Å². The van der Waals surface area contributed by atoms with E-state index in [9.17, 15) is 18.4 Å². The van der Waals surface area contributed by atoms with Gasteiger partial charge in [-0.1, -0.05) is 6.07 Å². The van der Waals surface area contributed by atoms with Gasteiger partial charge < -0.3 is 10.2 Å². The van der Waals surface area contributed by atoms with E-state index < -0.39 is 17.7 Å². The fourth-order valence-electron chi connectivity index (χ4n) is 2.49. The topological polar surface area (TPSA) is 49.4 Å². The first-order valence-corrected chi connectivity index (χ1v) is 6.62. The van der Waals surface area contributed by atoms with Gasteiger partial charge in [0.1, 0.15) is 6.04 Å². The van der Waals surface area contributed by atoms with Gasteiger partial charge in [0.15, 0.2) is 11.6 Å². The summed E-state index contributed by atoms with van der Waals surface area (Å²) in [6, 6.07) is 3.10. The van der Waals surface area contributed by atoms with Crippen molar-refractivity contribution in [1.29, 1.82) is 0 Å². The van der Waals surface area contributed by atoms with Crippen molar-refractivity contribution in [2.75, 3.05) is 11.4 Å². The van der Waals surface area contributed by atoms with Crippen molar-refractivity contribution in [2.24, 2.45) is 5.92 Å². The highest BCUT2D eigenvalue weighted by atomic mass is 19.2. The van der Waals surface area contributed by atoms with Gasteiger partial charge in [0.05, 0.1) is 5.69 Å². The minimum Gasteiger partial charge on any atom is -0.344 e. The van der Waals surface area contributed by atoms with Crippen LogP contribution in [0.4, 0.5) is 14.5 Å². The van der Waals surface area contributed by atoms with Crippen molar-refractivity contribution in [2.45, 2.75) is 25.3 Å². The van der Waals surface area contributed by atoms with Gasteiger partial charge in [0.25, 0.3) is 0 Å². The van der Waals surface area contributed by atoms with Gasteiger partial charge in [-0.25, -0.2) is 8.78 Å². The van der Waals surface area contributed by atoms with Gasteiger partial charge in [-0.05, 0) is 30.9 Å². The summed E-state index contributed by atoms with van der Waals surface area (Å²) in [6.45, 7) is 0.0637. The quantitative estimate of drug-likeness (QED) is 0.894. The fourth-order valence-corrected chi connectivity index (χ4v) is 2.49. The fraction of sp³-hybridized carbons (Fsp3) is 0.429. The number of halogens is 2. The van der Waals surface area contributed by atoms with E-state index in [0.29, 0.717) is 0 Å². The highest BCUT2D eigenvalue weighted by Crippen LogP contribution is 2.35. The lowest BCUT2D eigenvalue weighted by molar-refractivity contribution is -0.126. The molecular weight excluding hydrogens is 266 g/mol. The van der Waals surface area contributed by atoms with Gasteiger partial charge in [-0.15, -0.1) is 0 Å². The Hall–Kier alpha value is -1.98. The molecule has 1 atom stereocenters. The van der Waals surface area contributed by atoms with Crippen LogP contribution in [0.1, 0.15) is 19.3 Å². The van der Waals surface area contributed by atoms with E-state index in [1.54, 1.807) is 0 Å². The molecule has 4 nitrogen and oxygen atoms in total. The molecule has 0 aromatic heterocycles. The number of benzene rings is 1. The monoisotopic (exact) mass is 280 g/mol. The van der Waals surface area contributed by atoms with Crippen molar-refractivity contribution >= 4 is 17.5 Å². The van der Waals surface area contributed by atoms with Crippen molar-refractivity contribution in [3.8, 4) is 0 Å². The summed E-state index contributed by atoms with van der Waals surface area (Å²) in [5, 5.41) is 2.68. The molecule has 1 saturated heterocycles. The number of amides is 2. The normalized spacial score (nSPS) is 23.5. The molecule has 106 valence electrons. The number of nitrogens with one attached hydrogen (secondary N) is 1. The Morgan fingerprint density at radius 3 is 2.65 bits per heavy atom. The summed E-state index contributed by atoms with van der Waals surface area (Å²) in [5.74, 6) is -2.52. The van der Waals surface area contributed by atoms with Gasteiger partial charge in [0, 0.05) is 13.0 Å². The first kappa shape index (κ1) is 13.0. The zero-order valence-electron chi connectivity index (χ0n) is 10.7. The van der Waals surface area contributed by atoms with E-state index in [1.165, 1.54) is 17.0 Å². The molecule has 1 N–H and O–H groups in total. The third-order valence-corrected chi connectivity index (χ3v) is 3.73. The predicted octanol–water partition coefficient (Wildman–Crippen LogP) is 1.60. The molecule has 3 rings (SSSR count). The van der Waals surface area contributed by atoms with E-state index in [4.69, 9.17) is 0 Å². The Morgan fingerprint density at radius 1 is 1.20 bits per heavy atom. The highest BCUT2D eigenvalue weighted by Gasteiger charge is 2.41. The molecule has 2 fully saturated rings. The molecule has 0 spiro atoms. The number of carbonyl (C=O) groups is 2. The summed E-state index contributed by atoms with van der Waals surface area (Å²) in [4.78, 5) is 25.3. The zero-order chi connectivity index (χ0) is 14.3. The predicted molar refractivity (Wildman–Crippen MR) is 68.0 cm³/mol. The lowest BCUT2D eigenvalue weighted by Gasteiger charge is -2.24. The minimum atomic E-state index is -1.05. The molecule has 20 heavy (non-hydrogen) atoms. The van der Waals surface area contributed by atoms with Crippen LogP contribution in [-0.2, 0) is 9.59 Å². The molecule has 1 unspecified atom stereocenters. The molecule has 1 heterocycles. The van der Waals surface area contributed by atoms with Crippen LogP contribution in [0.25, 0.3) is 0 Å². The van der Waals surface area contributed by atoms with Gasteiger partial charge in [0.2, 0.25) is 11.8 Å². The number of carbonyl (C=O) groups excluding carboxylic acids is 2. The Bertz CT molecular complexity index is 572. The summed E-state index contributed by atoms with van der Waals surface area (Å²) < 4.78 is 27.2. The average molecular weight is 280 g/mol. The summed E-state index contributed by atoms with van der Waals surface area (Å²) in [7, 11) is 0. The van der Waals surface area contributed by atoms with Crippen LogP contribution in [0, 0.1) is 17.6 Å². The third kappa shape index (κ3) is 2.26. The molecule has 1 aliphatic carbocycles. The second-order valence-corrected chi connectivity index (χ2v) is 5.20. The second kappa shape index (κ2) is 4.85. The molecule has 1 aliphatic heterocycles. The van der Waals surface area contributed by atoms with Crippen LogP contribution >= 0.6 is 0 Å². The first-order valence-electron chi connectivity index (χ1n) is 6.62. The van der Waals surface area contributed by atoms with Crippen molar-refractivity contribution in [3.05, 3.63) is 29.8 Å². The molecule has 1 aromatic carbocycles. The van der Waals surface area contributed by atoms with Crippen LogP contribution in [-0.4, -0.2) is 24.4 Å². The van der Waals surface area contributed by atoms with Crippen molar-refractivity contribution < 1.29 is 18.4 Å². The average Bonchev–Trinajstić information content (AvgIpc) is 3.24.